The quantitative estimate of drug-likeness (QED) is 0.699. The maximum atomic E-state index is 6.02. The lowest BCUT2D eigenvalue weighted by Crippen LogP contribution is -2.40. The van der Waals surface area contributed by atoms with Gasteiger partial charge in [-0.2, -0.15) is 0 Å². The van der Waals surface area contributed by atoms with Crippen molar-refractivity contribution in [1.82, 2.24) is 5.32 Å². The first kappa shape index (κ1) is 15.0. The number of hydrogen-bond donors (Lipinski definition) is 1. The molecule has 2 nitrogen and oxygen atoms in total. The molecule has 3 atom stereocenters. The lowest BCUT2D eigenvalue weighted by Gasteiger charge is -2.25. The van der Waals surface area contributed by atoms with Gasteiger partial charge in [0.1, 0.15) is 0 Å². The van der Waals surface area contributed by atoms with E-state index in [-0.39, 0.29) is 0 Å². The fourth-order valence-electron chi connectivity index (χ4n) is 2.62. The molecule has 1 fully saturated rings. The Balaban J connectivity index is 2.31. The number of rotatable bonds is 8. The van der Waals surface area contributed by atoms with Crippen LogP contribution in [0, 0.1) is 5.92 Å². The molecule has 0 aromatic heterocycles. The van der Waals surface area contributed by atoms with E-state index in [1.807, 2.05) is 0 Å². The molecule has 17 heavy (non-hydrogen) atoms. The van der Waals surface area contributed by atoms with Gasteiger partial charge in [-0.1, -0.05) is 33.6 Å². The maximum Gasteiger partial charge on any atom is 0.0732 e. The SMILES string of the molecule is CCCNC(CCCC(C)C)C1CCC(C)O1. The highest BCUT2D eigenvalue weighted by Gasteiger charge is 2.28. The van der Waals surface area contributed by atoms with Crippen LogP contribution in [0.5, 0.6) is 0 Å². The zero-order chi connectivity index (χ0) is 12.7. The zero-order valence-electron chi connectivity index (χ0n) is 12.2. The standard InChI is InChI=1S/C15H31NO/c1-5-11-16-14(8-6-7-12(2)3)15-10-9-13(4)17-15/h12-16H,5-11H2,1-4H3. The van der Waals surface area contributed by atoms with Crippen LogP contribution >= 0.6 is 0 Å². The van der Waals surface area contributed by atoms with Crippen LogP contribution in [0.3, 0.4) is 0 Å². The van der Waals surface area contributed by atoms with E-state index in [1.54, 1.807) is 0 Å². The second-order valence-electron chi connectivity index (χ2n) is 5.95. The van der Waals surface area contributed by atoms with Gasteiger partial charge < -0.3 is 10.1 Å². The summed E-state index contributed by atoms with van der Waals surface area (Å²) in [6.45, 7) is 10.2. The molecule has 1 N–H and O–H groups in total. The minimum atomic E-state index is 0.462. The van der Waals surface area contributed by atoms with Crippen molar-refractivity contribution in [2.24, 2.45) is 5.92 Å². The summed E-state index contributed by atoms with van der Waals surface area (Å²) in [5.74, 6) is 0.824. The number of ether oxygens (including phenoxy) is 1. The van der Waals surface area contributed by atoms with E-state index in [1.165, 1.54) is 38.5 Å². The summed E-state index contributed by atoms with van der Waals surface area (Å²) >= 11 is 0. The van der Waals surface area contributed by atoms with Gasteiger partial charge in [0.05, 0.1) is 12.2 Å². The van der Waals surface area contributed by atoms with Crippen molar-refractivity contribution in [3.05, 3.63) is 0 Å². The first-order valence-corrected chi connectivity index (χ1v) is 7.52. The van der Waals surface area contributed by atoms with Gasteiger partial charge in [0, 0.05) is 6.04 Å². The molecule has 0 aromatic rings. The summed E-state index contributed by atoms with van der Waals surface area (Å²) < 4.78 is 6.02. The fraction of sp³-hybridized carbons (Fsp3) is 1.00. The van der Waals surface area contributed by atoms with Gasteiger partial charge in [0.15, 0.2) is 0 Å². The molecule has 1 heterocycles. The highest BCUT2D eigenvalue weighted by molar-refractivity contribution is 4.82. The Morgan fingerprint density at radius 1 is 1.24 bits per heavy atom. The van der Waals surface area contributed by atoms with E-state index in [0.29, 0.717) is 18.2 Å². The first-order valence-electron chi connectivity index (χ1n) is 7.52. The molecule has 0 bridgehead atoms. The van der Waals surface area contributed by atoms with Crippen LogP contribution in [0.2, 0.25) is 0 Å². The van der Waals surface area contributed by atoms with Crippen LogP contribution in [0.4, 0.5) is 0 Å². The van der Waals surface area contributed by atoms with E-state index in [9.17, 15) is 0 Å². The van der Waals surface area contributed by atoms with Crippen molar-refractivity contribution in [2.75, 3.05) is 6.54 Å². The van der Waals surface area contributed by atoms with Gasteiger partial charge in [0.2, 0.25) is 0 Å². The molecular weight excluding hydrogens is 210 g/mol. The molecule has 1 rings (SSSR count). The van der Waals surface area contributed by atoms with Crippen molar-refractivity contribution in [3.8, 4) is 0 Å². The van der Waals surface area contributed by atoms with E-state index < -0.39 is 0 Å². The van der Waals surface area contributed by atoms with Crippen molar-refractivity contribution >= 4 is 0 Å². The van der Waals surface area contributed by atoms with E-state index >= 15 is 0 Å². The monoisotopic (exact) mass is 241 g/mol. The van der Waals surface area contributed by atoms with Crippen LogP contribution in [0.15, 0.2) is 0 Å². The smallest absolute Gasteiger partial charge is 0.0732 e. The highest BCUT2D eigenvalue weighted by atomic mass is 16.5. The van der Waals surface area contributed by atoms with E-state index in [2.05, 4.69) is 33.0 Å². The largest absolute Gasteiger partial charge is 0.374 e. The lowest BCUT2D eigenvalue weighted by molar-refractivity contribution is 0.0293. The zero-order valence-corrected chi connectivity index (χ0v) is 12.2. The predicted octanol–water partition coefficient (Wildman–Crippen LogP) is 3.75. The summed E-state index contributed by atoms with van der Waals surface area (Å²) in [4.78, 5) is 0. The van der Waals surface area contributed by atoms with Crippen LogP contribution in [-0.2, 0) is 4.74 Å². The maximum absolute atomic E-state index is 6.02. The highest BCUT2D eigenvalue weighted by Crippen LogP contribution is 2.24. The Kier molecular flexibility index (Phi) is 7.14. The minimum absolute atomic E-state index is 0.462. The second kappa shape index (κ2) is 8.10. The third-order valence-electron chi connectivity index (χ3n) is 3.67. The Morgan fingerprint density at radius 2 is 2.00 bits per heavy atom. The molecule has 0 spiro atoms. The Morgan fingerprint density at radius 3 is 2.53 bits per heavy atom. The van der Waals surface area contributed by atoms with Gasteiger partial charge >= 0.3 is 0 Å². The summed E-state index contributed by atoms with van der Waals surface area (Å²) in [7, 11) is 0. The molecule has 0 saturated carbocycles. The molecule has 0 amide bonds. The topological polar surface area (TPSA) is 21.3 Å². The normalized spacial score (nSPS) is 26.6. The third-order valence-corrected chi connectivity index (χ3v) is 3.67. The van der Waals surface area contributed by atoms with Gasteiger partial charge in [-0.3, -0.25) is 0 Å². The average Bonchev–Trinajstić information content (AvgIpc) is 2.69. The second-order valence-corrected chi connectivity index (χ2v) is 5.95. The summed E-state index contributed by atoms with van der Waals surface area (Å²) in [5.41, 5.74) is 0. The van der Waals surface area contributed by atoms with Crippen molar-refractivity contribution < 1.29 is 4.74 Å². The van der Waals surface area contributed by atoms with Gasteiger partial charge in [-0.25, -0.2) is 0 Å². The molecule has 0 radical (unpaired) electrons. The summed E-state index contributed by atoms with van der Waals surface area (Å²) in [6, 6.07) is 0.582. The molecule has 0 aliphatic carbocycles. The molecule has 2 heteroatoms. The van der Waals surface area contributed by atoms with Crippen LogP contribution < -0.4 is 5.32 Å². The predicted molar refractivity (Wildman–Crippen MR) is 74.3 cm³/mol. The molecule has 1 aliphatic rings. The van der Waals surface area contributed by atoms with Crippen LogP contribution in [0.25, 0.3) is 0 Å². The fourth-order valence-corrected chi connectivity index (χ4v) is 2.62. The summed E-state index contributed by atoms with van der Waals surface area (Å²) in [5, 5.41) is 3.68. The van der Waals surface area contributed by atoms with Crippen molar-refractivity contribution in [1.29, 1.82) is 0 Å². The molecular formula is C15H31NO. The number of nitrogens with one attached hydrogen (secondary N) is 1. The van der Waals surface area contributed by atoms with Crippen LogP contribution in [0.1, 0.15) is 66.2 Å². The lowest BCUT2D eigenvalue weighted by atomic mass is 9.98. The average molecular weight is 241 g/mol. The molecule has 3 unspecified atom stereocenters. The van der Waals surface area contributed by atoms with Crippen molar-refractivity contribution in [3.63, 3.8) is 0 Å². The Labute approximate surface area is 108 Å². The molecule has 0 aromatic carbocycles. The van der Waals surface area contributed by atoms with Gasteiger partial charge in [-0.05, 0) is 45.1 Å². The molecule has 1 saturated heterocycles. The first-order chi connectivity index (χ1) is 8.13. The van der Waals surface area contributed by atoms with E-state index in [4.69, 9.17) is 4.74 Å². The van der Waals surface area contributed by atoms with Crippen molar-refractivity contribution in [2.45, 2.75) is 84.5 Å². The Hall–Kier alpha value is -0.0800. The molecule has 102 valence electrons. The van der Waals surface area contributed by atoms with Gasteiger partial charge in [-0.15, -0.1) is 0 Å². The van der Waals surface area contributed by atoms with Gasteiger partial charge in [0.25, 0.3) is 0 Å². The number of hydrogen-bond acceptors (Lipinski definition) is 2. The summed E-state index contributed by atoms with van der Waals surface area (Å²) in [6.07, 6.45) is 8.56. The minimum Gasteiger partial charge on any atom is -0.374 e. The molecule has 1 aliphatic heterocycles. The third kappa shape index (κ3) is 5.87. The Bertz CT molecular complexity index is 193. The van der Waals surface area contributed by atoms with Crippen LogP contribution in [-0.4, -0.2) is 24.8 Å². The van der Waals surface area contributed by atoms with E-state index in [0.717, 1.165) is 12.5 Å².